The molecule has 53 heavy (non-hydrogen) atoms. The van der Waals surface area contributed by atoms with Crippen LogP contribution in [-0.2, 0) is 34.5 Å². The van der Waals surface area contributed by atoms with Gasteiger partial charge in [0.1, 0.15) is 24.1 Å². The summed E-state index contributed by atoms with van der Waals surface area (Å²) in [5.74, 6) is 0.531. The number of hydrogen-bond acceptors (Lipinski definition) is 7. The summed E-state index contributed by atoms with van der Waals surface area (Å²) in [6, 6.07) is 18.1. The standard InChI is InChI=1S/C44H74O7Si2/c1-28(2)52(29(3)4,30(5)6)48-27-40-44(47-26-37-22-24-39(46-16)25-23-37)42(51-53(31(7)8,32(9)10)33(11)12)34(13)41(50-40)43(35(14)45)49-36(15)38-20-18-17-19-21-38/h17-25,28-34,36,40-44H,26-27H2,1-16H3/t34-,36-,40+,41+,42+,43?,44+/m0/s1. The molecule has 0 aromatic heterocycles. The average Bonchev–Trinajstić information content (AvgIpc) is 3.09. The largest absolute Gasteiger partial charge is 0.497 e. The quantitative estimate of drug-likeness (QED) is 0.124. The molecule has 1 unspecified atom stereocenters. The van der Waals surface area contributed by atoms with Gasteiger partial charge in [0.15, 0.2) is 14.1 Å². The van der Waals surface area contributed by atoms with Gasteiger partial charge in [0.2, 0.25) is 8.32 Å². The molecule has 2 aromatic rings. The maximum atomic E-state index is 13.7. The lowest BCUT2D eigenvalue weighted by atomic mass is 9.84. The Labute approximate surface area is 325 Å². The highest BCUT2D eigenvalue weighted by molar-refractivity contribution is 6.78. The molecule has 1 saturated heterocycles. The molecule has 0 N–H and O–H groups in total. The monoisotopic (exact) mass is 770 g/mol. The van der Waals surface area contributed by atoms with Crippen LogP contribution in [-0.4, -0.2) is 66.7 Å². The first-order chi connectivity index (χ1) is 24.8. The summed E-state index contributed by atoms with van der Waals surface area (Å²) < 4.78 is 41.5. The molecular formula is C44H74O7Si2. The highest BCUT2D eigenvalue weighted by Crippen LogP contribution is 2.48. The van der Waals surface area contributed by atoms with Crippen LogP contribution in [0.1, 0.15) is 121 Å². The van der Waals surface area contributed by atoms with E-state index in [1.165, 1.54) is 0 Å². The van der Waals surface area contributed by atoms with Gasteiger partial charge >= 0.3 is 0 Å². The molecule has 0 aliphatic carbocycles. The normalized spacial score (nSPS) is 22.7. The summed E-state index contributed by atoms with van der Waals surface area (Å²) in [4.78, 5) is 13.7. The Kier molecular flexibility index (Phi) is 17.0. The number of benzene rings is 2. The topological polar surface area (TPSA) is 72.5 Å². The van der Waals surface area contributed by atoms with Gasteiger partial charge in [-0.15, -0.1) is 0 Å². The van der Waals surface area contributed by atoms with E-state index in [4.69, 9.17) is 27.8 Å². The van der Waals surface area contributed by atoms with Crippen molar-refractivity contribution >= 4 is 22.4 Å². The van der Waals surface area contributed by atoms with Crippen molar-refractivity contribution in [2.24, 2.45) is 5.92 Å². The van der Waals surface area contributed by atoms with Gasteiger partial charge in [-0.3, -0.25) is 4.79 Å². The summed E-state index contributed by atoms with van der Waals surface area (Å²) in [7, 11) is -3.07. The van der Waals surface area contributed by atoms with E-state index >= 15 is 0 Å². The zero-order chi connectivity index (χ0) is 39.8. The number of methoxy groups -OCH3 is 1. The van der Waals surface area contributed by atoms with Gasteiger partial charge in [-0.05, 0) is 70.4 Å². The van der Waals surface area contributed by atoms with Gasteiger partial charge < -0.3 is 27.8 Å². The van der Waals surface area contributed by atoms with Crippen LogP contribution in [0.15, 0.2) is 54.6 Å². The minimum absolute atomic E-state index is 0.0593. The first-order valence-corrected chi connectivity index (χ1v) is 24.5. The summed E-state index contributed by atoms with van der Waals surface area (Å²) >= 11 is 0. The molecule has 1 fully saturated rings. The average molecular weight is 771 g/mol. The van der Waals surface area contributed by atoms with Crippen LogP contribution in [0, 0.1) is 5.92 Å². The minimum Gasteiger partial charge on any atom is -0.497 e. The predicted octanol–water partition coefficient (Wildman–Crippen LogP) is 11.5. The second-order valence-corrected chi connectivity index (χ2v) is 28.2. The maximum Gasteiger partial charge on any atom is 0.200 e. The van der Waals surface area contributed by atoms with E-state index in [1.54, 1.807) is 14.0 Å². The van der Waals surface area contributed by atoms with Gasteiger partial charge in [0.25, 0.3) is 0 Å². The van der Waals surface area contributed by atoms with Crippen molar-refractivity contribution in [2.45, 2.75) is 180 Å². The van der Waals surface area contributed by atoms with E-state index in [0.29, 0.717) is 46.5 Å². The Morgan fingerprint density at radius 2 is 1.23 bits per heavy atom. The SMILES string of the molecule is COc1ccc(CO[C@H]2[C@H](O[Si](C(C)C)(C(C)C)C(C)C)[C@@H](C)[C@H](C(O[C@@H](C)c3ccccc3)C(C)=O)O[C@@H]2CO[Si](C(C)C)(C(C)C)C(C)C)cc1. The Hall–Kier alpha value is -1.86. The van der Waals surface area contributed by atoms with E-state index in [1.807, 2.05) is 61.5 Å². The van der Waals surface area contributed by atoms with Crippen LogP contribution < -0.4 is 4.74 Å². The Balaban J connectivity index is 2.21. The molecular weight excluding hydrogens is 697 g/mol. The van der Waals surface area contributed by atoms with Gasteiger partial charge in [0, 0.05) is 5.92 Å². The van der Waals surface area contributed by atoms with Crippen LogP contribution in [0.5, 0.6) is 5.75 Å². The lowest BCUT2D eigenvalue weighted by Gasteiger charge is -2.53. The minimum atomic E-state index is -2.45. The van der Waals surface area contributed by atoms with Crippen LogP contribution in [0.25, 0.3) is 0 Å². The molecule has 1 heterocycles. The van der Waals surface area contributed by atoms with Crippen molar-refractivity contribution in [3.8, 4) is 5.75 Å². The maximum absolute atomic E-state index is 13.7. The van der Waals surface area contributed by atoms with E-state index < -0.39 is 41.1 Å². The molecule has 0 amide bonds. The summed E-state index contributed by atoms with van der Waals surface area (Å²) in [6.45, 7) is 34.3. The fraction of sp³-hybridized carbons (Fsp3) is 0.705. The van der Waals surface area contributed by atoms with Crippen molar-refractivity contribution < 1.29 is 32.6 Å². The molecule has 0 saturated carbocycles. The second kappa shape index (κ2) is 19.8. The number of Topliss-reactive ketones (excluding diaryl/α,β-unsaturated/α-hetero) is 1. The Morgan fingerprint density at radius 3 is 1.68 bits per heavy atom. The number of carbonyl (C=O) groups is 1. The molecule has 7 nitrogen and oxygen atoms in total. The van der Waals surface area contributed by atoms with Crippen molar-refractivity contribution in [2.75, 3.05) is 13.7 Å². The van der Waals surface area contributed by atoms with Crippen molar-refractivity contribution in [3.63, 3.8) is 0 Å². The molecule has 300 valence electrons. The molecule has 7 atom stereocenters. The van der Waals surface area contributed by atoms with Crippen molar-refractivity contribution in [1.29, 1.82) is 0 Å². The molecule has 0 bridgehead atoms. The smallest absolute Gasteiger partial charge is 0.200 e. The van der Waals surface area contributed by atoms with E-state index in [-0.39, 0.29) is 23.9 Å². The summed E-state index contributed by atoms with van der Waals surface area (Å²) in [5.41, 5.74) is 4.31. The third kappa shape index (κ3) is 10.3. The van der Waals surface area contributed by atoms with E-state index in [2.05, 4.69) is 90.0 Å². The van der Waals surface area contributed by atoms with Crippen LogP contribution in [0.3, 0.4) is 0 Å². The number of rotatable bonds is 20. The van der Waals surface area contributed by atoms with E-state index in [0.717, 1.165) is 16.9 Å². The van der Waals surface area contributed by atoms with E-state index in [9.17, 15) is 4.79 Å². The fourth-order valence-corrected chi connectivity index (χ4v) is 20.8. The molecule has 0 radical (unpaired) electrons. The van der Waals surface area contributed by atoms with Gasteiger partial charge in [-0.1, -0.05) is 132 Å². The summed E-state index contributed by atoms with van der Waals surface area (Å²) in [5, 5.41) is 0. The zero-order valence-electron chi connectivity index (χ0n) is 36.0. The first kappa shape index (κ1) is 45.5. The second-order valence-electron chi connectivity index (χ2n) is 17.4. The number of ether oxygens (including phenoxy) is 4. The van der Waals surface area contributed by atoms with Crippen LogP contribution in [0.4, 0.5) is 0 Å². The Morgan fingerprint density at radius 1 is 0.717 bits per heavy atom. The lowest BCUT2D eigenvalue weighted by Crippen LogP contribution is -2.65. The van der Waals surface area contributed by atoms with Crippen molar-refractivity contribution in [1.82, 2.24) is 0 Å². The van der Waals surface area contributed by atoms with Crippen molar-refractivity contribution in [3.05, 3.63) is 65.7 Å². The van der Waals surface area contributed by atoms with Crippen LogP contribution in [0.2, 0.25) is 33.2 Å². The molecule has 2 aromatic carbocycles. The molecule has 1 aliphatic rings. The molecule has 0 spiro atoms. The van der Waals surface area contributed by atoms with Gasteiger partial charge in [-0.2, -0.15) is 0 Å². The predicted molar refractivity (Wildman–Crippen MR) is 223 cm³/mol. The highest BCUT2D eigenvalue weighted by atomic mass is 28.4. The zero-order valence-corrected chi connectivity index (χ0v) is 38.0. The fourth-order valence-electron chi connectivity index (χ4n) is 9.67. The third-order valence-electron chi connectivity index (χ3n) is 12.2. The summed E-state index contributed by atoms with van der Waals surface area (Å²) in [6.07, 6.45) is -2.96. The molecule has 1 aliphatic heterocycles. The number of ketones is 1. The Bertz CT molecular complexity index is 1330. The molecule has 3 rings (SSSR count). The van der Waals surface area contributed by atoms with Crippen LogP contribution >= 0.6 is 0 Å². The number of carbonyl (C=O) groups excluding carboxylic acids is 1. The highest BCUT2D eigenvalue weighted by Gasteiger charge is 2.56. The third-order valence-corrected chi connectivity index (χ3v) is 24.4. The lowest BCUT2D eigenvalue weighted by molar-refractivity contribution is -0.244. The molecule has 9 heteroatoms. The van der Waals surface area contributed by atoms with Gasteiger partial charge in [-0.25, -0.2) is 0 Å². The number of hydrogen-bond donors (Lipinski definition) is 0. The van der Waals surface area contributed by atoms with Gasteiger partial charge in [0.05, 0.1) is 38.6 Å². The first-order valence-electron chi connectivity index (χ1n) is 20.3.